The van der Waals surface area contributed by atoms with E-state index < -0.39 is 5.97 Å². The Morgan fingerprint density at radius 1 is 1.32 bits per heavy atom. The quantitative estimate of drug-likeness (QED) is 0.785. The number of hydrogen-bond donors (Lipinski definition) is 1. The summed E-state index contributed by atoms with van der Waals surface area (Å²) < 4.78 is 5.14. The molecular weight excluding hydrogens is 242 g/mol. The van der Waals surface area contributed by atoms with Crippen LogP contribution in [-0.4, -0.2) is 37.4 Å². The molecule has 0 spiro atoms. The van der Waals surface area contributed by atoms with Crippen molar-refractivity contribution in [3.8, 4) is 0 Å². The Bertz CT molecular complexity index is 402. The molecule has 0 saturated carbocycles. The highest BCUT2D eigenvalue weighted by Crippen LogP contribution is 2.24. The lowest BCUT2D eigenvalue weighted by molar-refractivity contribution is 0.0697. The van der Waals surface area contributed by atoms with Gasteiger partial charge in [0.05, 0.1) is 17.9 Å². The first kappa shape index (κ1) is 15.5. The van der Waals surface area contributed by atoms with Gasteiger partial charge in [-0.05, 0) is 25.0 Å². The SMILES string of the molecule is CCC(CC)N(CCOC)c1ccccc1C(=O)O. The van der Waals surface area contributed by atoms with Crippen molar-refractivity contribution in [3.63, 3.8) is 0 Å². The molecule has 0 atom stereocenters. The fourth-order valence-corrected chi connectivity index (χ4v) is 2.32. The third-order valence-electron chi connectivity index (χ3n) is 3.36. The van der Waals surface area contributed by atoms with Gasteiger partial charge in [-0.3, -0.25) is 0 Å². The number of rotatable bonds is 8. The van der Waals surface area contributed by atoms with E-state index in [4.69, 9.17) is 4.74 Å². The predicted molar refractivity (Wildman–Crippen MR) is 77.0 cm³/mol. The number of carboxylic acids is 1. The van der Waals surface area contributed by atoms with Gasteiger partial charge in [-0.1, -0.05) is 26.0 Å². The Kier molecular flexibility index (Phi) is 6.36. The van der Waals surface area contributed by atoms with Gasteiger partial charge in [0.2, 0.25) is 0 Å². The van der Waals surface area contributed by atoms with E-state index in [-0.39, 0.29) is 0 Å². The van der Waals surface area contributed by atoms with Gasteiger partial charge >= 0.3 is 5.97 Å². The summed E-state index contributed by atoms with van der Waals surface area (Å²) in [5.74, 6) is -0.885. The number of hydrogen-bond acceptors (Lipinski definition) is 3. The number of para-hydroxylation sites is 1. The number of carbonyl (C=O) groups is 1. The second-order valence-electron chi connectivity index (χ2n) is 4.48. The molecule has 0 amide bonds. The Morgan fingerprint density at radius 2 is 1.95 bits per heavy atom. The zero-order chi connectivity index (χ0) is 14.3. The summed E-state index contributed by atoms with van der Waals surface area (Å²) in [4.78, 5) is 13.5. The van der Waals surface area contributed by atoms with Crippen LogP contribution in [0.1, 0.15) is 37.0 Å². The molecule has 0 bridgehead atoms. The van der Waals surface area contributed by atoms with Crippen LogP contribution in [0.15, 0.2) is 24.3 Å². The molecule has 0 aliphatic rings. The number of nitrogens with zero attached hydrogens (tertiary/aromatic N) is 1. The topological polar surface area (TPSA) is 49.8 Å². The molecule has 4 nitrogen and oxygen atoms in total. The number of methoxy groups -OCH3 is 1. The number of anilines is 1. The first-order valence-corrected chi connectivity index (χ1v) is 6.73. The highest BCUT2D eigenvalue weighted by molar-refractivity contribution is 5.94. The van der Waals surface area contributed by atoms with E-state index in [9.17, 15) is 9.90 Å². The average Bonchev–Trinajstić information content (AvgIpc) is 2.43. The van der Waals surface area contributed by atoms with Crippen LogP contribution < -0.4 is 4.90 Å². The van der Waals surface area contributed by atoms with E-state index in [1.165, 1.54) is 0 Å². The van der Waals surface area contributed by atoms with Gasteiger partial charge in [0, 0.05) is 19.7 Å². The van der Waals surface area contributed by atoms with E-state index in [2.05, 4.69) is 18.7 Å². The molecule has 0 unspecified atom stereocenters. The van der Waals surface area contributed by atoms with Crippen LogP contribution in [0.4, 0.5) is 5.69 Å². The van der Waals surface area contributed by atoms with Crippen molar-refractivity contribution in [1.29, 1.82) is 0 Å². The smallest absolute Gasteiger partial charge is 0.337 e. The number of carboxylic acid groups (broad SMARTS) is 1. The van der Waals surface area contributed by atoms with E-state index in [1.54, 1.807) is 19.2 Å². The van der Waals surface area contributed by atoms with Crippen LogP contribution in [0.3, 0.4) is 0 Å². The van der Waals surface area contributed by atoms with Crippen LogP contribution in [0.25, 0.3) is 0 Å². The largest absolute Gasteiger partial charge is 0.478 e. The summed E-state index contributed by atoms with van der Waals surface area (Å²) in [6.07, 6.45) is 1.96. The van der Waals surface area contributed by atoms with E-state index >= 15 is 0 Å². The molecule has 0 aliphatic heterocycles. The third-order valence-corrected chi connectivity index (χ3v) is 3.36. The summed E-state index contributed by atoms with van der Waals surface area (Å²) >= 11 is 0. The standard InChI is InChI=1S/C15H23NO3/c1-4-12(5-2)16(10-11-19-3)14-9-7-6-8-13(14)15(17)18/h6-9,12H,4-5,10-11H2,1-3H3,(H,17,18). The van der Waals surface area contributed by atoms with Gasteiger partial charge in [-0.25, -0.2) is 4.79 Å². The summed E-state index contributed by atoms with van der Waals surface area (Å²) in [5.41, 5.74) is 1.13. The lowest BCUT2D eigenvalue weighted by Crippen LogP contribution is -2.38. The molecule has 106 valence electrons. The maximum atomic E-state index is 11.3. The molecule has 1 N–H and O–H groups in total. The van der Waals surface area contributed by atoms with E-state index in [0.29, 0.717) is 24.8 Å². The van der Waals surface area contributed by atoms with Crippen molar-refractivity contribution < 1.29 is 14.6 Å². The van der Waals surface area contributed by atoms with Gasteiger partial charge in [0.15, 0.2) is 0 Å². The Labute approximate surface area is 115 Å². The molecular formula is C15H23NO3. The van der Waals surface area contributed by atoms with Gasteiger partial charge in [-0.15, -0.1) is 0 Å². The maximum absolute atomic E-state index is 11.3. The fourth-order valence-electron chi connectivity index (χ4n) is 2.32. The molecule has 0 saturated heterocycles. The van der Waals surface area contributed by atoms with Crippen LogP contribution >= 0.6 is 0 Å². The molecule has 0 aromatic heterocycles. The number of aromatic carboxylic acids is 1. The Morgan fingerprint density at radius 3 is 2.47 bits per heavy atom. The normalized spacial score (nSPS) is 10.7. The number of benzene rings is 1. The zero-order valence-corrected chi connectivity index (χ0v) is 11.9. The van der Waals surface area contributed by atoms with Crippen molar-refractivity contribution >= 4 is 11.7 Å². The average molecular weight is 265 g/mol. The zero-order valence-electron chi connectivity index (χ0n) is 11.9. The molecule has 0 aliphatic carbocycles. The van der Waals surface area contributed by atoms with Crippen LogP contribution in [-0.2, 0) is 4.74 Å². The predicted octanol–water partition coefficient (Wildman–Crippen LogP) is 3.03. The molecule has 1 aromatic carbocycles. The van der Waals surface area contributed by atoms with Crippen LogP contribution in [0.2, 0.25) is 0 Å². The summed E-state index contributed by atoms with van der Waals surface area (Å²) in [6.45, 7) is 5.53. The Hall–Kier alpha value is -1.55. The molecule has 4 heteroatoms. The van der Waals surface area contributed by atoms with Gasteiger partial charge < -0.3 is 14.7 Å². The second kappa shape index (κ2) is 7.79. The summed E-state index contributed by atoms with van der Waals surface area (Å²) in [6, 6.07) is 7.49. The highest BCUT2D eigenvalue weighted by Gasteiger charge is 2.20. The fraction of sp³-hybridized carbons (Fsp3) is 0.533. The molecule has 0 fully saturated rings. The first-order valence-electron chi connectivity index (χ1n) is 6.73. The van der Waals surface area contributed by atoms with Crippen LogP contribution in [0, 0.1) is 0 Å². The maximum Gasteiger partial charge on any atom is 0.337 e. The lowest BCUT2D eigenvalue weighted by Gasteiger charge is -2.33. The molecule has 19 heavy (non-hydrogen) atoms. The Balaban J connectivity index is 3.12. The lowest BCUT2D eigenvalue weighted by atomic mass is 10.1. The molecule has 1 aromatic rings. The van der Waals surface area contributed by atoms with Crippen LogP contribution in [0.5, 0.6) is 0 Å². The third kappa shape index (κ3) is 3.96. The van der Waals surface area contributed by atoms with Crippen molar-refractivity contribution in [2.45, 2.75) is 32.7 Å². The molecule has 0 heterocycles. The van der Waals surface area contributed by atoms with Gasteiger partial charge in [0.25, 0.3) is 0 Å². The highest BCUT2D eigenvalue weighted by atomic mass is 16.5. The van der Waals surface area contributed by atoms with E-state index in [0.717, 1.165) is 18.5 Å². The monoisotopic (exact) mass is 265 g/mol. The summed E-state index contributed by atoms with van der Waals surface area (Å²) in [5, 5.41) is 9.31. The van der Waals surface area contributed by atoms with Gasteiger partial charge in [-0.2, -0.15) is 0 Å². The second-order valence-corrected chi connectivity index (χ2v) is 4.48. The minimum Gasteiger partial charge on any atom is -0.478 e. The minimum absolute atomic E-state index is 0.329. The summed E-state index contributed by atoms with van der Waals surface area (Å²) in [7, 11) is 1.66. The molecule has 1 rings (SSSR count). The van der Waals surface area contributed by atoms with Crippen molar-refractivity contribution in [2.24, 2.45) is 0 Å². The molecule has 0 radical (unpaired) electrons. The van der Waals surface area contributed by atoms with Crippen molar-refractivity contribution in [1.82, 2.24) is 0 Å². The van der Waals surface area contributed by atoms with Crippen molar-refractivity contribution in [3.05, 3.63) is 29.8 Å². The van der Waals surface area contributed by atoms with Gasteiger partial charge in [0.1, 0.15) is 0 Å². The van der Waals surface area contributed by atoms with Crippen molar-refractivity contribution in [2.75, 3.05) is 25.2 Å². The number of ether oxygens (including phenoxy) is 1. The first-order chi connectivity index (χ1) is 9.15. The van der Waals surface area contributed by atoms with E-state index in [1.807, 2.05) is 12.1 Å². The minimum atomic E-state index is -0.885.